The maximum atomic E-state index is 13.0. The molecule has 0 bridgehead atoms. The molecule has 144 valence electrons. The molecule has 0 saturated heterocycles. The van der Waals surface area contributed by atoms with Crippen LogP contribution in [0.2, 0.25) is 0 Å². The second-order valence-corrected chi connectivity index (χ2v) is 9.96. The molecular weight excluding hydrogens is 363 g/mol. The van der Waals surface area contributed by atoms with E-state index in [0.717, 1.165) is 11.0 Å². The number of nitrogens with one attached hydrogen (secondary N) is 1. The zero-order valence-electron chi connectivity index (χ0n) is 16.3. The summed E-state index contributed by atoms with van der Waals surface area (Å²) >= 11 is 0. The van der Waals surface area contributed by atoms with Gasteiger partial charge in [0.1, 0.15) is 25.0 Å². The number of hydrogen-bond acceptors (Lipinski definition) is 7. The number of benzene rings is 1. The van der Waals surface area contributed by atoms with Gasteiger partial charge < -0.3 is 19.5 Å². The minimum Gasteiger partial charge on any atom is -0.495 e. The van der Waals surface area contributed by atoms with E-state index >= 15 is 0 Å². The first-order valence-corrected chi connectivity index (χ1v) is 10.9. The van der Waals surface area contributed by atoms with Gasteiger partial charge in [0.2, 0.25) is 5.95 Å². The van der Waals surface area contributed by atoms with E-state index in [1.807, 2.05) is 57.1 Å². The number of fused-ring (bicyclic) bond motifs is 1. The molecule has 0 fully saturated rings. The highest BCUT2D eigenvalue weighted by atomic mass is 31.2. The van der Waals surface area contributed by atoms with Crippen molar-refractivity contribution < 1.29 is 9.30 Å². The molecule has 1 N–H and O–H groups in total. The van der Waals surface area contributed by atoms with Gasteiger partial charge in [-0.15, -0.1) is 0 Å². The van der Waals surface area contributed by atoms with Gasteiger partial charge in [-0.2, -0.15) is 14.6 Å². The second-order valence-electron chi connectivity index (χ2n) is 6.40. The molecular formula is C18H25N6O2P. The maximum absolute atomic E-state index is 13.0. The third-order valence-electron chi connectivity index (χ3n) is 4.59. The first-order chi connectivity index (χ1) is 12.9. The van der Waals surface area contributed by atoms with Gasteiger partial charge in [0.25, 0.3) is 0 Å². The van der Waals surface area contributed by atoms with E-state index < -0.39 is 7.14 Å². The minimum atomic E-state index is -2.37. The average Bonchev–Trinajstić information content (AvgIpc) is 3.15. The lowest BCUT2D eigenvalue weighted by atomic mass is 10.3. The fourth-order valence-corrected chi connectivity index (χ4v) is 4.81. The van der Waals surface area contributed by atoms with Crippen molar-refractivity contribution >= 4 is 35.5 Å². The molecule has 0 aliphatic heterocycles. The summed E-state index contributed by atoms with van der Waals surface area (Å²) in [6, 6.07) is 7.47. The van der Waals surface area contributed by atoms with E-state index in [2.05, 4.69) is 20.4 Å². The molecule has 0 saturated carbocycles. The van der Waals surface area contributed by atoms with Crippen LogP contribution in [0.4, 0.5) is 17.5 Å². The Balaban J connectivity index is 2.01. The van der Waals surface area contributed by atoms with Crippen LogP contribution in [0.1, 0.15) is 13.8 Å². The summed E-state index contributed by atoms with van der Waals surface area (Å²) in [7, 11) is 3.03. The largest absolute Gasteiger partial charge is 0.495 e. The molecule has 0 aliphatic carbocycles. The number of aromatic nitrogens is 4. The predicted molar refractivity (Wildman–Crippen MR) is 110 cm³/mol. The highest BCUT2D eigenvalue weighted by Gasteiger charge is 2.21. The number of hydrogen-bond donors (Lipinski definition) is 1. The molecule has 0 atom stereocenters. The summed E-state index contributed by atoms with van der Waals surface area (Å²) in [5.74, 6) is 1.91. The zero-order chi connectivity index (χ0) is 19.6. The van der Waals surface area contributed by atoms with E-state index in [-0.39, 0.29) is 0 Å². The Labute approximate surface area is 159 Å². The van der Waals surface area contributed by atoms with Crippen molar-refractivity contribution in [3.05, 3.63) is 30.6 Å². The van der Waals surface area contributed by atoms with Crippen molar-refractivity contribution in [3.63, 3.8) is 0 Å². The molecule has 0 aliphatic rings. The SMILES string of the molecule is CCP(=O)(CC)c1ccc(Nc2cc3ncnn3c(N(C)C)n2)c(OC)c1. The van der Waals surface area contributed by atoms with Crippen molar-refractivity contribution in [1.29, 1.82) is 0 Å². The predicted octanol–water partition coefficient (Wildman–Crippen LogP) is 2.97. The smallest absolute Gasteiger partial charge is 0.230 e. The second kappa shape index (κ2) is 7.56. The molecule has 2 heterocycles. The molecule has 8 nitrogen and oxygen atoms in total. The Hall–Kier alpha value is -2.60. The fourth-order valence-electron chi connectivity index (χ4n) is 2.93. The number of rotatable bonds is 7. The summed E-state index contributed by atoms with van der Waals surface area (Å²) < 4.78 is 20.2. The average molecular weight is 388 g/mol. The van der Waals surface area contributed by atoms with Gasteiger partial charge in [-0.25, -0.2) is 4.98 Å². The Morgan fingerprint density at radius 2 is 1.96 bits per heavy atom. The van der Waals surface area contributed by atoms with Gasteiger partial charge in [0, 0.05) is 37.8 Å². The summed E-state index contributed by atoms with van der Waals surface area (Å²) in [5.41, 5.74) is 1.44. The lowest BCUT2D eigenvalue weighted by Crippen LogP contribution is -2.16. The number of anilines is 3. The van der Waals surface area contributed by atoms with Gasteiger partial charge in [-0.1, -0.05) is 13.8 Å². The van der Waals surface area contributed by atoms with Crippen molar-refractivity contribution in [2.24, 2.45) is 0 Å². The maximum Gasteiger partial charge on any atom is 0.230 e. The number of nitrogens with zero attached hydrogens (tertiary/aromatic N) is 5. The van der Waals surface area contributed by atoms with E-state index in [9.17, 15) is 4.57 Å². The molecule has 1 aromatic carbocycles. The molecule has 9 heteroatoms. The molecule has 27 heavy (non-hydrogen) atoms. The Kier molecular flexibility index (Phi) is 5.37. The topological polar surface area (TPSA) is 84.7 Å². The van der Waals surface area contributed by atoms with Crippen LogP contribution in [0.3, 0.4) is 0 Å². The van der Waals surface area contributed by atoms with Crippen molar-refractivity contribution in [3.8, 4) is 5.75 Å². The molecule has 2 aromatic heterocycles. The minimum absolute atomic E-state index is 0.624. The van der Waals surface area contributed by atoms with Crippen LogP contribution in [0.15, 0.2) is 30.6 Å². The van der Waals surface area contributed by atoms with E-state index in [0.29, 0.717) is 35.5 Å². The number of methoxy groups -OCH3 is 1. The van der Waals surface area contributed by atoms with Crippen molar-refractivity contribution in [2.45, 2.75) is 13.8 Å². The first-order valence-electron chi connectivity index (χ1n) is 8.83. The third kappa shape index (κ3) is 3.62. The third-order valence-corrected chi connectivity index (χ3v) is 7.85. The lowest BCUT2D eigenvalue weighted by Gasteiger charge is -2.18. The Morgan fingerprint density at radius 1 is 1.22 bits per heavy atom. The molecule has 0 spiro atoms. The number of ether oxygens (including phenoxy) is 1. The molecule has 3 rings (SSSR count). The summed E-state index contributed by atoms with van der Waals surface area (Å²) in [4.78, 5) is 10.7. The molecule has 0 amide bonds. The van der Waals surface area contributed by atoms with Crippen LogP contribution in [0, 0.1) is 0 Å². The van der Waals surface area contributed by atoms with Crippen LogP contribution >= 0.6 is 7.14 Å². The van der Waals surface area contributed by atoms with Gasteiger partial charge in [0.15, 0.2) is 5.65 Å². The van der Waals surface area contributed by atoms with E-state index in [4.69, 9.17) is 4.74 Å². The van der Waals surface area contributed by atoms with E-state index in [1.165, 1.54) is 6.33 Å². The zero-order valence-corrected chi connectivity index (χ0v) is 17.2. The van der Waals surface area contributed by atoms with Crippen LogP contribution < -0.4 is 20.3 Å². The van der Waals surface area contributed by atoms with Crippen LogP contribution in [0.25, 0.3) is 5.65 Å². The van der Waals surface area contributed by atoms with Gasteiger partial charge in [-0.05, 0) is 18.2 Å². The molecule has 0 unspecified atom stereocenters. The van der Waals surface area contributed by atoms with Gasteiger partial charge >= 0.3 is 0 Å². The molecule has 3 aromatic rings. The fraction of sp³-hybridized carbons (Fsp3) is 0.389. The lowest BCUT2D eigenvalue weighted by molar-refractivity contribution is 0.417. The van der Waals surface area contributed by atoms with Crippen LogP contribution in [0.5, 0.6) is 5.75 Å². The van der Waals surface area contributed by atoms with Crippen LogP contribution in [-0.2, 0) is 4.57 Å². The van der Waals surface area contributed by atoms with E-state index in [1.54, 1.807) is 11.6 Å². The summed E-state index contributed by atoms with van der Waals surface area (Å²) in [6.45, 7) is 3.92. The van der Waals surface area contributed by atoms with Crippen LogP contribution in [-0.4, -0.2) is 53.1 Å². The monoisotopic (exact) mass is 388 g/mol. The summed E-state index contributed by atoms with van der Waals surface area (Å²) in [6.07, 6.45) is 2.77. The van der Waals surface area contributed by atoms with Crippen molar-refractivity contribution in [2.75, 3.05) is 43.7 Å². The Morgan fingerprint density at radius 3 is 2.59 bits per heavy atom. The quantitative estimate of drug-likeness (QED) is 0.623. The Bertz CT molecular complexity index is 993. The van der Waals surface area contributed by atoms with Gasteiger partial charge in [-0.3, -0.25) is 0 Å². The highest BCUT2D eigenvalue weighted by Crippen LogP contribution is 2.44. The highest BCUT2D eigenvalue weighted by molar-refractivity contribution is 7.71. The normalized spacial score (nSPS) is 11.6. The van der Waals surface area contributed by atoms with Gasteiger partial charge in [0.05, 0.1) is 12.8 Å². The first kappa shape index (κ1) is 19.2. The molecule has 0 radical (unpaired) electrons. The standard InChI is InChI=1S/C18H25N6O2P/c1-6-27(25,7-2)13-8-9-14(15(10-13)26-5)21-16-11-17-19-12-20-24(17)18(22-16)23(3)4/h8-12,21H,6-7H2,1-5H3. The van der Waals surface area contributed by atoms with Crippen molar-refractivity contribution in [1.82, 2.24) is 19.6 Å². The summed E-state index contributed by atoms with van der Waals surface area (Å²) in [5, 5.41) is 8.32.